The molecule has 1 heterocycles. The summed E-state index contributed by atoms with van der Waals surface area (Å²) in [5.41, 5.74) is 10.5. The van der Waals surface area contributed by atoms with Crippen molar-refractivity contribution in [2.45, 2.75) is 39.0 Å². The average Bonchev–Trinajstić information content (AvgIpc) is 2.95. The molecular formula is C20H23N3O3S. The van der Waals surface area contributed by atoms with Gasteiger partial charge in [0.2, 0.25) is 0 Å². The Morgan fingerprint density at radius 2 is 1.93 bits per heavy atom. The van der Waals surface area contributed by atoms with E-state index in [9.17, 15) is 9.59 Å². The third-order valence-corrected chi connectivity index (χ3v) is 5.68. The fourth-order valence-corrected chi connectivity index (χ4v) is 4.12. The van der Waals surface area contributed by atoms with E-state index in [0.29, 0.717) is 16.3 Å². The van der Waals surface area contributed by atoms with Crippen LogP contribution in [0.15, 0.2) is 35.4 Å². The summed E-state index contributed by atoms with van der Waals surface area (Å²) in [5.74, 6) is -0.145. The molecule has 142 valence electrons. The molecule has 0 saturated carbocycles. The highest BCUT2D eigenvalue weighted by Gasteiger charge is 2.16. The van der Waals surface area contributed by atoms with Crippen molar-refractivity contribution in [2.24, 2.45) is 10.8 Å². The number of benzene rings is 1. The Kier molecular flexibility index (Phi) is 6.24. The molecule has 0 spiro atoms. The maximum Gasteiger partial charge on any atom is 0.281 e. The van der Waals surface area contributed by atoms with Crippen LogP contribution in [0.2, 0.25) is 0 Å². The van der Waals surface area contributed by atoms with Crippen molar-refractivity contribution in [3.05, 3.63) is 51.2 Å². The molecule has 3 N–H and O–H groups in total. The van der Waals surface area contributed by atoms with Crippen molar-refractivity contribution in [2.75, 3.05) is 6.61 Å². The van der Waals surface area contributed by atoms with E-state index in [1.54, 1.807) is 23.5 Å². The topological polar surface area (TPSA) is 93.8 Å². The molecule has 0 fully saturated rings. The number of carbonyl (C=O) groups is 2. The number of thiophene rings is 1. The predicted molar refractivity (Wildman–Crippen MR) is 106 cm³/mol. The van der Waals surface area contributed by atoms with E-state index in [-0.39, 0.29) is 12.5 Å². The summed E-state index contributed by atoms with van der Waals surface area (Å²) in [5, 5.41) is 4.21. The van der Waals surface area contributed by atoms with E-state index in [1.165, 1.54) is 29.7 Å². The Balaban J connectivity index is 1.61. The SMILES string of the molecule is C/C(=N/NC(=O)c1cc2c(s1)CCCCC2)c1ccc(OCC(N)=O)cc1. The second kappa shape index (κ2) is 8.81. The van der Waals surface area contributed by atoms with Crippen LogP contribution in [0.1, 0.15) is 51.9 Å². The first kappa shape index (κ1) is 19.1. The van der Waals surface area contributed by atoms with Crippen molar-refractivity contribution in [1.82, 2.24) is 5.43 Å². The van der Waals surface area contributed by atoms with E-state index in [0.717, 1.165) is 18.4 Å². The molecule has 0 radical (unpaired) electrons. The first-order valence-electron chi connectivity index (χ1n) is 9.00. The van der Waals surface area contributed by atoms with Gasteiger partial charge in [-0.25, -0.2) is 5.43 Å². The minimum Gasteiger partial charge on any atom is -0.484 e. The van der Waals surface area contributed by atoms with Crippen molar-refractivity contribution in [3.8, 4) is 5.75 Å². The molecule has 6 nitrogen and oxygen atoms in total. The molecule has 0 aliphatic heterocycles. The Bertz CT molecular complexity index is 832. The van der Waals surface area contributed by atoms with Gasteiger partial charge in [-0.3, -0.25) is 9.59 Å². The minimum atomic E-state index is -0.523. The Morgan fingerprint density at radius 3 is 2.67 bits per heavy atom. The Hall–Kier alpha value is -2.67. The monoisotopic (exact) mass is 385 g/mol. The zero-order chi connectivity index (χ0) is 19.2. The summed E-state index contributed by atoms with van der Waals surface area (Å²) in [7, 11) is 0. The Morgan fingerprint density at radius 1 is 1.19 bits per heavy atom. The lowest BCUT2D eigenvalue weighted by Crippen LogP contribution is -2.20. The highest BCUT2D eigenvalue weighted by molar-refractivity contribution is 7.14. The van der Waals surface area contributed by atoms with Crippen LogP contribution in [0, 0.1) is 0 Å². The normalized spacial score (nSPS) is 14.2. The number of nitrogens with one attached hydrogen (secondary N) is 1. The molecular weight excluding hydrogens is 362 g/mol. The van der Waals surface area contributed by atoms with Gasteiger partial charge in [0.15, 0.2) is 6.61 Å². The van der Waals surface area contributed by atoms with Gasteiger partial charge >= 0.3 is 0 Å². The van der Waals surface area contributed by atoms with Gasteiger partial charge in [0, 0.05) is 4.88 Å². The number of aryl methyl sites for hydroxylation is 2. The van der Waals surface area contributed by atoms with Crippen LogP contribution >= 0.6 is 11.3 Å². The number of hydrazone groups is 1. The molecule has 0 saturated heterocycles. The van der Waals surface area contributed by atoms with Gasteiger partial charge in [0.05, 0.1) is 10.6 Å². The zero-order valence-electron chi connectivity index (χ0n) is 15.3. The van der Waals surface area contributed by atoms with E-state index in [1.807, 2.05) is 25.1 Å². The number of amides is 2. The van der Waals surface area contributed by atoms with Gasteiger partial charge in [0.25, 0.3) is 11.8 Å². The van der Waals surface area contributed by atoms with Crippen molar-refractivity contribution >= 4 is 28.9 Å². The van der Waals surface area contributed by atoms with Gasteiger partial charge in [-0.05, 0) is 74.1 Å². The summed E-state index contributed by atoms with van der Waals surface area (Å²) in [6.45, 7) is 1.66. The molecule has 27 heavy (non-hydrogen) atoms. The molecule has 7 heteroatoms. The quantitative estimate of drug-likeness (QED) is 0.455. The number of nitrogens with zero attached hydrogens (tertiary/aromatic N) is 1. The molecule has 1 aromatic heterocycles. The molecule has 0 unspecified atom stereocenters. The maximum absolute atomic E-state index is 12.4. The number of primary amides is 1. The molecule has 1 aromatic carbocycles. The molecule has 0 atom stereocenters. The van der Waals surface area contributed by atoms with Crippen LogP contribution in [-0.2, 0) is 17.6 Å². The van der Waals surface area contributed by atoms with Crippen molar-refractivity contribution in [1.29, 1.82) is 0 Å². The first-order valence-corrected chi connectivity index (χ1v) is 9.82. The summed E-state index contributed by atoms with van der Waals surface area (Å²) in [4.78, 5) is 25.2. The van der Waals surface area contributed by atoms with Gasteiger partial charge < -0.3 is 10.5 Å². The second-order valence-corrected chi connectivity index (χ2v) is 7.67. The molecule has 2 aromatic rings. The number of ether oxygens (including phenoxy) is 1. The van der Waals surface area contributed by atoms with Crippen molar-refractivity contribution in [3.63, 3.8) is 0 Å². The Labute approximate surface area is 162 Å². The summed E-state index contributed by atoms with van der Waals surface area (Å²) >= 11 is 1.58. The third kappa shape index (κ3) is 5.17. The van der Waals surface area contributed by atoms with Gasteiger partial charge in [-0.1, -0.05) is 6.42 Å². The number of nitrogens with two attached hydrogens (primary N) is 1. The van der Waals surface area contributed by atoms with E-state index in [4.69, 9.17) is 10.5 Å². The first-order chi connectivity index (χ1) is 13.0. The standard InChI is InChI=1S/C20H23N3O3S/c1-13(14-7-9-16(10-8-14)26-12-19(21)24)22-23-20(25)18-11-15-5-3-2-4-6-17(15)27-18/h7-11H,2-6,12H2,1H3,(H2,21,24)(H,23,25)/b22-13-. The number of fused-ring (bicyclic) bond motifs is 1. The predicted octanol–water partition coefficient (Wildman–Crippen LogP) is 3.04. The molecule has 3 rings (SSSR count). The largest absolute Gasteiger partial charge is 0.484 e. The molecule has 2 amide bonds. The lowest BCUT2D eigenvalue weighted by atomic mass is 10.1. The zero-order valence-corrected chi connectivity index (χ0v) is 16.1. The summed E-state index contributed by atoms with van der Waals surface area (Å²) in [6, 6.07) is 9.10. The van der Waals surface area contributed by atoms with Crippen LogP contribution in [-0.4, -0.2) is 24.1 Å². The van der Waals surface area contributed by atoms with Gasteiger partial charge in [0.1, 0.15) is 5.75 Å². The highest BCUT2D eigenvalue weighted by atomic mass is 32.1. The molecule has 0 bridgehead atoms. The highest BCUT2D eigenvalue weighted by Crippen LogP contribution is 2.28. The van der Waals surface area contributed by atoms with E-state index < -0.39 is 5.91 Å². The third-order valence-electron chi connectivity index (χ3n) is 4.45. The fraction of sp³-hybridized carbons (Fsp3) is 0.350. The van der Waals surface area contributed by atoms with Crippen LogP contribution in [0.4, 0.5) is 0 Å². The van der Waals surface area contributed by atoms with Gasteiger partial charge in [-0.15, -0.1) is 11.3 Å². The summed E-state index contributed by atoms with van der Waals surface area (Å²) in [6.07, 6.45) is 5.79. The van der Waals surface area contributed by atoms with Crippen LogP contribution < -0.4 is 15.9 Å². The van der Waals surface area contributed by atoms with Crippen LogP contribution in [0.5, 0.6) is 5.75 Å². The average molecular weight is 385 g/mol. The van der Waals surface area contributed by atoms with Crippen LogP contribution in [0.3, 0.4) is 0 Å². The molecule has 1 aliphatic carbocycles. The number of carbonyl (C=O) groups excluding carboxylic acids is 2. The van der Waals surface area contributed by atoms with Crippen LogP contribution in [0.25, 0.3) is 0 Å². The summed E-state index contributed by atoms with van der Waals surface area (Å²) < 4.78 is 5.22. The lowest BCUT2D eigenvalue weighted by molar-refractivity contribution is -0.119. The number of hydrogen-bond donors (Lipinski definition) is 2. The van der Waals surface area contributed by atoms with Gasteiger partial charge in [-0.2, -0.15) is 5.10 Å². The van der Waals surface area contributed by atoms with E-state index in [2.05, 4.69) is 10.5 Å². The lowest BCUT2D eigenvalue weighted by Gasteiger charge is -2.05. The number of rotatable bonds is 6. The number of hydrogen-bond acceptors (Lipinski definition) is 5. The smallest absolute Gasteiger partial charge is 0.281 e. The van der Waals surface area contributed by atoms with E-state index >= 15 is 0 Å². The second-order valence-electron chi connectivity index (χ2n) is 6.54. The minimum absolute atomic E-state index is 0.159. The molecule has 1 aliphatic rings. The van der Waals surface area contributed by atoms with Crippen molar-refractivity contribution < 1.29 is 14.3 Å². The maximum atomic E-state index is 12.4. The fourth-order valence-electron chi connectivity index (χ4n) is 2.98.